The molecule has 21 heteroatoms. The zero-order valence-corrected chi connectivity index (χ0v) is 52.0. The molecule has 0 unspecified atom stereocenters. The van der Waals surface area contributed by atoms with Gasteiger partial charge in [0.15, 0.2) is 11.5 Å². The van der Waals surface area contributed by atoms with Crippen molar-refractivity contribution in [2.45, 2.75) is 193 Å². The van der Waals surface area contributed by atoms with Crippen LogP contribution in [0.3, 0.4) is 0 Å². The number of aryl methyl sites for hydroxylation is 1. The van der Waals surface area contributed by atoms with Crippen molar-refractivity contribution in [3.05, 3.63) is 53.2 Å². The lowest BCUT2D eigenvalue weighted by Crippen LogP contribution is -2.57. The smallest absolute Gasteiger partial charge is 0.251 e. The van der Waals surface area contributed by atoms with E-state index in [2.05, 4.69) is 36.1 Å². The summed E-state index contributed by atoms with van der Waals surface area (Å²) < 4.78 is 40.4. The van der Waals surface area contributed by atoms with Gasteiger partial charge in [0.05, 0.1) is 41.4 Å². The summed E-state index contributed by atoms with van der Waals surface area (Å²) in [4.78, 5) is 77.0. The molecule has 3 atom stereocenters. The van der Waals surface area contributed by atoms with Crippen LogP contribution < -0.4 is 35.6 Å². The zero-order valence-electron chi connectivity index (χ0n) is 51.2. The second-order valence-corrected chi connectivity index (χ2v) is 25.9. The number of nitrogens with one attached hydrogen (secondary N) is 4. The molecule has 0 aliphatic carbocycles. The summed E-state index contributed by atoms with van der Waals surface area (Å²) in [7, 11) is 1.63. The van der Waals surface area contributed by atoms with Gasteiger partial charge in [-0.25, -0.2) is 18.7 Å². The van der Waals surface area contributed by atoms with Crippen LogP contribution in [0.1, 0.15) is 160 Å². The van der Waals surface area contributed by atoms with Gasteiger partial charge in [-0.2, -0.15) is 4.98 Å². The number of hydrogen-bond donors (Lipinski definition) is 5. The first-order valence-electron chi connectivity index (χ1n) is 31.6. The molecule has 468 valence electrons. The molecule has 4 amide bonds. The van der Waals surface area contributed by atoms with E-state index in [0.29, 0.717) is 54.8 Å². The van der Waals surface area contributed by atoms with Crippen LogP contribution >= 0.6 is 11.3 Å². The maximum absolute atomic E-state index is 14.2. The van der Waals surface area contributed by atoms with Crippen LogP contribution in [0.15, 0.2) is 41.9 Å². The summed E-state index contributed by atoms with van der Waals surface area (Å²) >= 11 is 1.58. The number of nitrogens with zero attached hydrogens (tertiary/aromatic N) is 7. The fourth-order valence-corrected chi connectivity index (χ4v) is 12.9. The number of unbranched alkanes of at least 4 members (excludes halogenated alkanes) is 8. The van der Waals surface area contributed by atoms with Crippen molar-refractivity contribution in [1.29, 1.82) is 0 Å². The van der Waals surface area contributed by atoms with Gasteiger partial charge in [-0.3, -0.25) is 19.2 Å². The van der Waals surface area contributed by atoms with Gasteiger partial charge in [0.25, 0.3) is 5.92 Å². The Morgan fingerprint density at radius 2 is 1.46 bits per heavy atom. The first-order chi connectivity index (χ1) is 40.9. The van der Waals surface area contributed by atoms with Gasteiger partial charge in [0.1, 0.15) is 17.9 Å². The Morgan fingerprint density at radius 3 is 2.13 bits per heavy atom. The van der Waals surface area contributed by atoms with E-state index in [4.69, 9.17) is 19.4 Å². The summed E-state index contributed by atoms with van der Waals surface area (Å²) in [5.74, 6) is -1.15. The van der Waals surface area contributed by atoms with Gasteiger partial charge in [0.2, 0.25) is 29.6 Å². The molecule has 0 bridgehead atoms. The van der Waals surface area contributed by atoms with Crippen LogP contribution in [0.2, 0.25) is 0 Å². The third-order valence-electron chi connectivity index (χ3n) is 17.2. The molecule has 2 aromatic heterocycles. The highest BCUT2D eigenvalue weighted by Crippen LogP contribution is 2.38. The minimum atomic E-state index is -2.68. The van der Waals surface area contributed by atoms with Gasteiger partial charge in [-0.1, -0.05) is 90.0 Å². The highest BCUT2D eigenvalue weighted by Gasteiger charge is 2.44. The lowest BCUT2D eigenvalue weighted by atomic mass is 9.85. The van der Waals surface area contributed by atoms with Gasteiger partial charge < -0.3 is 55.4 Å². The SMILES string of the molecule is COc1cc2c(NC3CCN(CCCC(=O)NCCCCCCCCCCCC(=O)N[C@H](C(=O)N4C[C@H](O)C[C@H]4C(=O)NCc4ccc(-c5scnc5C)cc4)C(C)(C)C)CC3)nc(N3CCC(F)(F)CC3)nc2cc1OCCCN1CCCC1. The number of aromatic nitrogens is 3. The number of halogens is 2. The van der Waals surface area contributed by atoms with Crippen LogP contribution in [0, 0.1) is 12.3 Å². The Balaban J connectivity index is 0.660. The number of aliphatic hydroxyl groups is 1. The molecule has 0 radical (unpaired) electrons. The number of β-amino-alcohol motifs (C(OH)–C–C–N with tert-alkyl or cyclic N) is 1. The number of fused-ring (bicyclic) bond motifs is 1. The fraction of sp³-hybridized carbons (Fsp3) is 0.672. The molecule has 85 heavy (non-hydrogen) atoms. The average Bonchev–Trinajstić information content (AvgIpc) is 4.49. The number of likely N-dealkylation sites (tertiary alicyclic amines) is 3. The number of carbonyl (C=O) groups is 4. The van der Waals surface area contributed by atoms with Crippen molar-refractivity contribution in [3.63, 3.8) is 0 Å². The fourth-order valence-electron chi connectivity index (χ4n) is 12.1. The summed E-state index contributed by atoms with van der Waals surface area (Å²) in [6.07, 6.45) is 14.8. The first-order valence-corrected chi connectivity index (χ1v) is 32.5. The number of methoxy groups -OCH3 is 1. The first kappa shape index (κ1) is 65.2. The van der Waals surface area contributed by atoms with Crippen LogP contribution in [0.4, 0.5) is 20.5 Å². The molecule has 4 aromatic rings. The van der Waals surface area contributed by atoms with E-state index < -0.39 is 29.5 Å². The van der Waals surface area contributed by atoms with Crippen LogP contribution in [0.25, 0.3) is 21.3 Å². The highest BCUT2D eigenvalue weighted by atomic mass is 32.1. The number of alkyl halides is 2. The molecule has 4 fully saturated rings. The highest BCUT2D eigenvalue weighted by molar-refractivity contribution is 7.13. The molecule has 4 aliphatic heterocycles. The van der Waals surface area contributed by atoms with Gasteiger partial charge in [-0.15, -0.1) is 11.3 Å². The van der Waals surface area contributed by atoms with E-state index in [1.807, 2.05) is 74.5 Å². The average molecular weight is 1200 g/mol. The Bertz CT molecular complexity index is 2780. The molecule has 0 spiro atoms. The quantitative estimate of drug-likeness (QED) is 0.0298. The van der Waals surface area contributed by atoms with E-state index in [0.717, 1.165) is 150 Å². The van der Waals surface area contributed by atoms with E-state index in [-0.39, 0.29) is 75.1 Å². The number of thiazole rings is 1. The zero-order chi connectivity index (χ0) is 60.3. The molecule has 4 aliphatic rings. The van der Waals surface area contributed by atoms with E-state index >= 15 is 0 Å². The van der Waals surface area contributed by atoms with Crippen molar-refractivity contribution in [2.24, 2.45) is 5.41 Å². The Morgan fingerprint density at radius 1 is 0.800 bits per heavy atom. The molecule has 6 heterocycles. The van der Waals surface area contributed by atoms with Crippen molar-refractivity contribution < 1.29 is 42.5 Å². The molecule has 18 nitrogen and oxygen atoms in total. The normalized spacial score (nSPS) is 19.1. The van der Waals surface area contributed by atoms with E-state index in [1.54, 1.807) is 18.4 Å². The maximum Gasteiger partial charge on any atom is 0.251 e. The number of rotatable bonds is 31. The second kappa shape index (κ2) is 31.7. The largest absolute Gasteiger partial charge is 0.493 e. The number of aliphatic hydroxyl groups excluding tert-OH is 1. The van der Waals surface area contributed by atoms with Crippen LogP contribution in [-0.2, 0) is 25.7 Å². The van der Waals surface area contributed by atoms with Gasteiger partial charge in [0, 0.05) is 102 Å². The lowest BCUT2D eigenvalue weighted by molar-refractivity contribution is -0.144. The molecule has 8 rings (SSSR count). The summed E-state index contributed by atoms with van der Waals surface area (Å²) in [6, 6.07) is 10.2. The lowest BCUT2D eigenvalue weighted by Gasteiger charge is -2.35. The molecule has 0 saturated carbocycles. The maximum atomic E-state index is 14.2. The molecule has 2 aromatic carbocycles. The Hall–Kier alpha value is -5.77. The summed E-state index contributed by atoms with van der Waals surface area (Å²) in [5, 5.41) is 24.2. The predicted octanol–water partition coefficient (Wildman–Crippen LogP) is 9.65. The molecule has 4 saturated heterocycles. The Labute approximate surface area is 506 Å². The number of hydrogen-bond acceptors (Lipinski definition) is 15. The van der Waals surface area contributed by atoms with Crippen molar-refractivity contribution in [3.8, 4) is 21.9 Å². The minimum Gasteiger partial charge on any atom is -0.493 e. The molecule has 5 N–H and O–H groups in total. The standard InChI is InChI=1S/C64H95F2N11O7S/c1-45-57(85-44-69-45)47-23-21-46(22-24-47)42-68-60(81)52-39-49(78)43-77(52)61(82)58(63(2,3)4)72-56(80)19-13-11-9-7-6-8-10-12-14-29-67-55(79)20-17-32-75-34-25-48(26-35-75)70-59-50-40-53(83-5)54(84-38-18-33-74-30-15-16-31-74)41-51(50)71-62(73-59)76-36-27-64(65,66)28-37-76/h21-24,40-41,44,48-49,52,58,78H,6-20,25-39,42-43H2,1-5H3,(H,67,79)(H,68,81)(H,72,80)(H,70,71,73)/t49-,52+,58-/m1/s1. The number of carbonyl (C=O) groups excluding carboxylic acids is 4. The third kappa shape index (κ3) is 19.6. The number of anilines is 2. The predicted molar refractivity (Wildman–Crippen MR) is 331 cm³/mol. The number of ether oxygens (including phenoxy) is 2. The Kier molecular flexibility index (Phi) is 24.4. The summed E-state index contributed by atoms with van der Waals surface area (Å²) in [6.45, 7) is 15.5. The monoisotopic (exact) mass is 1200 g/mol. The summed E-state index contributed by atoms with van der Waals surface area (Å²) in [5.41, 5.74) is 4.84. The van der Waals surface area contributed by atoms with Crippen LogP contribution in [-0.4, -0.2) is 168 Å². The molecular formula is C64H95F2N11O7S. The number of amides is 4. The molecular weight excluding hydrogens is 1100 g/mol. The topological polar surface area (TPSA) is 207 Å². The van der Waals surface area contributed by atoms with Crippen molar-refractivity contribution in [1.82, 2.24) is 45.6 Å². The number of piperidine rings is 2. The van der Waals surface area contributed by atoms with E-state index in [1.165, 1.54) is 17.7 Å². The third-order valence-corrected chi connectivity index (χ3v) is 18.2. The minimum absolute atomic E-state index is 0.0313. The van der Waals surface area contributed by atoms with Crippen LogP contribution in [0.5, 0.6) is 11.5 Å². The van der Waals surface area contributed by atoms with Gasteiger partial charge >= 0.3 is 0 Å². The van der Waals surface area contributed by atoms with Crippen molar-refractivity contribution in [2.75, 3.05) is 89.4 Å². The second-order valence-electron chi connectivity index (χ2n) is 25.1. The number of benzene rings is 2. The van der Waals surface area contributed by atoms with E-state index in [9.17, 15) is 33.1 Å². The van der Waals surface area contributed by atoms with Gasteiger partial charge in [-0.05, 0) is 101 Å². The van der Waals surface area contributed by atoms with Crippen molar-refractivity contribution >= 4 is 57.6 Å².